The number of unbranched alkanes of at least 4 members (excludes halogenated alkanes) is 1. The Balaban J connectivity index is 1.34. The number of nitrogens with zero attached hydrogens (tertiary/aromatic N) is 2. The van der Waals surface area contributed by atoms with Crippen molar-refractivity contribution in [2.24, 2.45) is 0 Å². The third kappa shape index (κ3) is 15.5. The van der Waals surface area contributed by atoms with Gasteiger partial charge in [0.05, 0.1) is 87.5 Å². The minimum absolute atomic E-state index is 0.160. The molecule has 0 atom stereocenters. The van der Waals surface area contributed by atoms with Gasteiger partial charge >= 0.3 is 5.97 Å². The van der Waals surface area contributed by atoms with E-state index in [1.807, 2.05) is 12.1 Å². The second-order valence-corrected chi connectivity index (χ2v) is 9.20. The van der Waals surface area contributed by atoms with Gasteiger partial charge in [-0.1, -0.05) is 13.3 Å². The van der Waals surface area contributed by atoms with E-state index in [-0.39, 0.29) is 49.4 Å². The van der Waals surface area contributed by atoms with E-state index < -0.39 is 9.85 Å². The largest absolute Gasteiger partial charge is 0.460 e. The molecular formula is C29H42N4O11. The van der Waals surface area contributed by atoms with Crippen LogP contribution in [0.2, 0.25) is 0 Å². The van der Waals surface area contributed by atoms with Crippen molar-refractivity contribution in [2.45, 2.75) is 19.8 Å². The summed E-state index contributed by atoms with van der Waals surface area (Å²) in [6.07, 6.45) is 2.21. The summed E-state index contributed by atoms with van der Waals surface area (Å²) in [7, 11) is 0. The molecule has 0 bridgehead atoms. The second-order valence-electron chi connectivity index (χ2n) is 9.20. The van der Waals surface area contributed by atoms with Gasteiger partial charge in [0.1, 0.15) is 12.3 Å². The quantitative estimate of drug-likeness (QED) is 0.0663. The van der Waals surface area contributed by atoms with E-state index in [0.717, 1.165) is 31.1 Å². The van der Waals surface area contributed by atoms with Crippen LogP contribution in [0.25, 0.3) is 0 Å². The van der Waals surface area contributed by atoms with Crippen LogP contribution in [-0.2, 0) is 28.4 Å². The van der Waals surface area contributed by atoms with Crippen molar-refractivity contribution in [1.29, 1.82) is 0 Å². The first-order valence-electron chi connectivity index (χ1n) is 14.5. The first kappa shape index (κ1) is 36.3. The number of non-ortho nitro benzene ring substituents is 1. The highest BCUT2D eigenvalue weighted by atomic mass is 16.6. The average Bonchev–Trinajstić information content (AvgIpc) is 3.02. The van der Waals surface area contributed by atoms with Gasteiger partial charge in [0, 0.05) is 24.8 Å². The zero-order valence-corrected chi connectivity index (χ0v) is 25.0. The number of benzene rings is 2. The van der Waals surface area contributed by atoms with Crippen LogP contribution in [0.1, 0.15) is 30.1 Å². The van der Waals surface area contributed by atoms with Crippen molar-refractivity contribution in [3.8, 4) is 0 Å². The lowest BCUT2D eigenvalue weighted by Crippen LogP contribution is -2.15. The van der Waals surface area contributed by atoms with E-state index in [2.05, 4.69) is 17.6 Å². The smallest absolute Gasteiger partial charge is 0.338 e. The molecule has 244 valence electrons. The summed E-state index contributed by atoms with van der Waals surface area (Å²) in [5, 5.41) is 28.1. The fourth-order valence-corrected chi connectivity index (χ4v) is 3.58. The molecule has 0 aliphatic heterocycles. The summed E-state index contributed by atoms with van der Waals surface area (Å²) in [6.45, 7) is 7.08. The normalized spacial score (nSPS) is 10.8. The maximum atomic E-state index is 12.1. The average molecular weight is 623 g/mol. The highest BCUT2D eigenvalue weighted by molar-refractivity contribution is 5.89. The van der Waals surface area contributed by atoms with Crippen molar-refractivity contribution >= 4 is 28.7 Å². The summed E-state index contributed by atoms with van der Waals surface area (Å²) in [5.41, 5.74) is 0.935. The molecule has 0 saturated heterocycles. The summed E-state index contributed by atoms with van der Waals surface area (Å²) < 4.78 is 32.3. The van der Waals surface area contributed by atoms with Crippen LogP contribution in [0.5, 0.6) is 0 Å². The summed E-state index contributed by atoms with van der Waals surface area (Å²) in [4.78, 5) is 32.7. The topological polar surface area (TPSA) is 183 Å². The Morgan fingerprint density at radius 2 is 1.23 bits per heavy atom. The Morgan fingerprint density at radius 3 is 1.75 bits per heavy atom. The molecule has 0 spiro atoms. The predicted octanol–water partition coefficient (Wildman–Crippen LogP) is 4.07. The Labute approximate surface area is 256 Å². The van der Waals surface area contributed by atoms with E-state index in [1.54, 1.807) is 12.1 Å². The molecule has 0 heterocycles. The van der Waals surface area contributed by atoms with Gasteiger partial charge in [-0.05, 0) is 36.8 Å². The second kappa shape index (κ2) is 22.6. The molecule has 2 N–H and O–H groups in total. The molecule has 15 heteroatoms. The van der Waals surface area contributed by atoms with E-state index in [4.69, 9.17) is 28.4 Å². The number of ether oxygens (including phenoxy) is 6. The van der Waals surface area contributed by atoms with Gasteiger partial charge in [-0.25, -0.2) is 4.79 Å². The van der Waals surface area contributed by atoms with Gasteiger partial charge in [-0.2, -0.15) is 0 Å². The van der Waals surface area contributed by atoms with Gasteiger partial charge in [-0.15, -0.1) is 0 Å². The van der Waals surface area contributed by atoms with Crippen molar-refractivity contribution in [1.82, 2.24) is 0 Å². The van der Waals surface area contributed by atoms with Crippen LogP contribution in [0, 0.1) is 20.2 Å². The number of nitro benzene ring substituents is 2. The van der Waals surface area contributed by atoms with Crippen LogP contribution in [0.3, 0.4) is 0 Å². The molecular weight excluding hydrogens is 580 g/mol. The molecule has 0 radical (unpaired) electrons. The highest BCUT2D eigenvalue weighted by Crippen LogP contribution is 2.28. The summed E-state index contributed by atoms with van der Waals surface area (Å²) in [6, 6.07) is 10.6. The molecule has 2 aromatic rings. The Morgan fingerprint density at radius 1 is 0.682 bits per heavy atom. The molecule has 0 aromatic heterocycles. The molecule has 0 unspecified atom stereocenters. The molecule has 0 saturated carbocycles. The van der Waals surface area contributed by atoms with E-state index in [1.165, 1.54) is 12.1 Å². The summed E-state index contributed by atoms with van der Waals surface area (Å²) >= 11 is 0. The van der Waals surface area contributed by atoms with Crippen molar-refractivity contribution in [2.75, 3.05) is 96.4 Å². The third-order valence-corrected chi connectivity index (χ3v) is 5.88. The fourth-order valence-electron chi connectivity index (χ4n) is 3.58. The van der Waals surface area contributed by atoms with Crippen molar-refractivity contribution in [3.63, 3.8) is 0 Å². The Hall–Kier alpha value is -3.89. The zero-order valence-electron chi connectivity index (χ0n) is 25.0. The molecule has 0 aliphatic carbocycles. The monoisotopic (exact) mass is 622 g/mol. The molecule has 2 rings (SSSR count). The number of esters is 1. The lowest BCUT2D eigenvalue weighted by atomic mass is 10.2. The number of hydrogen-bond acceptors (Lipinski definition) is 13. The SMILES string of the molecule is CCCCNc1ccc(C(=O)OCCOCCOCCOCCOCCOCCNc2ccc([N+](=O)[O-])cc2[N+](=O)[O-])cc1. The number of nitrogens with one attached hydrogen (secondary N) is 2. The number of hydrogen-bond donors (Lipinski definition) is 2. The van der Waals surface area contributed by atoms with Crippen molar-refractivity contribution < 1.29 is 43.1 Å². The molecule has 0 amide bonds. The number of nitro groups is 2. The van der Waals surface area contributed by atoms with Gasteiger partial charge < -0.3 is 39.1 Å². The first-order chi connectivity index (χ1) is 21.4. The predicted molar refractivity (Wildman–Crippen MR) is 162 cm³/mol. The highest BCUT2D eigenvalue weighted by Gasteiger charge is 2.19. The third-order valence-electron chi connectivity index (χ3n) is 5.88. The van der Waals surface area contributed by atoms with Gasteiger partial charge in [0.2, 0.25) is 0 Å². The lowest BCUT2D eigenvalue weighted by molar-refractivity contribution is -0.393. The first-order valence-corrected chi connectivity index (χ1v) is 14.5. The Kier molecular flexibility index (Phi) is 18.7. The standard InChI is InChI=1S/C29H42N4O11/c1-2-3-10-30-25-6-4-24(5-7-25)29(34)44-22-21-43-20-19-42-18-17-41-16-15-40-14-13-39-12-11-31-27-9-8-26(32(35)36)23-28(27)33(37)38/h4-9,23,30-31H,2-3,10-22H2,1H3. The number of anilines is 2. The fraction of sp³-hybridized carbons (Fsp3) is 0.552. The molecule has 0 aliphatic rings. The van der Waals surface area contributed by atoms with Crippen LogP contribution >= 0.6 is 0 Å². The van der Waals surface area contributed by atoms with Gasteiger partial charge in [0.25, 0.3) is 11.4 Å². The number of rotatable bonds is 26. The molecule has 15 nitrogen and oxygen atoms in total. The molecule has 0 fully saturated rings. The minimum atomic E-state index is -0.685. The van der Waals surface area contributed by atoms with Crippen molar-refractivity contribution in [3.05, 3.63) is 68.3 Å². The molecule has 2 aromatic carbocycles. The number of carbonyl (C=O) groups is 1. The molecule has 44 heavy (non-hydrogen) atoms. The minimum Gasteiger partial charge on any atom is -0.460 e. The van der Waals surface area contributed by atoms with E-state index in [0.29, 0.717) is 58.4 Å². The van der Waals surface area contributed by atoms with Gasteiger partial charge in [-0.3, -0.25) is 20.2 Å². The Bertz CT molecular complexity index is 1120. The van der Waals surface area contributed by atoms with Crippen LogP contribution in [0.15, 0.2) is 42.5 Å². The maximum Gasteiger partial charge on any atom is 0.338 e. The summed E-state index contributed by atoms with van der Waals surface area (Å²) in [5.74, 6) is -0.386. The zero-order chi connectivity index (χ0) is 31.8. The van der Waals surface area contributed by atoms with Crippen LogP contribution < -0.4 is 10.6 Å². The maximum absolute atomic E-state index is 12.1. The van der Waals surface area contributed by atoms with Crippen LogP contribution in [0.4, 0.5) is 22.7 Å². The van der Waals surface area contributed by atoms with Crippen LogP contribution in [-0.4, -0.2) is 102 Å². The lowest BCUT2D eigenvalue weighted by Gasteiger charge is -2.09. The number of carbonyl (C=O) groups excluding carboxylic acids is 1. The van der Waals surface area contributed by atoms with E-state index in [9.17, 15) is 25.0 Å². The van der Waals surface area contributed by atoms with E-state index >= 15 is 0 Å². The van der Waals surface area contributed by atoms with Gasteiger partial charge in [0.15, 0.2) is 0 Å².